The average molecular weight is 226 g/mol. The lowest BCUT2D eigenvalue weighted by molar-refractivity contribution is -0.190. The predicted molar refractivity (Wildman–Crippen MR) is 37.4 cm³/mol. The molecule has 0 saturated heterocycles. The molecule has 1 aromatic carbocycles. The van der Waals surface area contributed by atoms with Crippen molar-refractivity contribution in [1.29, 1.82) is 0 Å². The Bertz CT molecular complexity index is 393. The topological polar surface area (TPSA) is 26.3 Å². The highest BCUT2D eigenvalue weighted by atomic mass is 19.3. The minimum atomic E-state index is -2.92. The molecule has 1 aromatic rings. The van der Waals surface area contributed by atoms with E-state index in [-0.39, 0.29) is 12.1 Å². The van der Waals surface area contributed by atoms with Crippen molar-refractivity contribution in [2.45, 2.75) is 6.17 Å². The van der Waals surface area contributed by atoms with E-state index in [4.69, 9.17) is 0 Å². The number of rotatable bonds is 2. The first kappa shape index (κ1) is 11.4. The van der Waals surface area contributed by atoms with E-state index >= 15 is 0 Å². The van der Waals surface area contributed by atoms with Crippen LogP contribution in [0.5, 0.6) is 0 Å². The van der Waals surface area contributed by atoms with Crippen molar-refractivity contribution in [1.82, 2.24) is 0 Å². The molecule has 0 radical (unpaired) electrons. The van der Waals surface area contributed by atoms with E-state index in [1.807, 2.05) is 0 Å². The molecule has 1 unspecified atom stereocenters. The fourth-order valence-electron chi connectivity index (χ4n) is 0.926. The molecule has 0 N–H and O–H groups in total. The Hall–Kier alpha value is -1.66. The van der Waals surface area contributed by atoms with Gasteiger partial charge in [0.15, 0.2) is 11.6 Å². The Kier molecular flexibility index (Phi) is 3.23. The molecule has 0 aliphatic heterocycles. The van der Waals surface area contributed by atoms with E-state index in [0.29, 0.717) is 0 Å². The molecule has 0 bridgehead atoms. The van der Waals surface area contributed by atoms with E-state index in [2.05, 4.69) is 4.94 Å². The molecule has 0 aliphatic rings. The van der Waals surface area contributed by atoms with Gasteiger partial charge in [0.05, 0.1) is 0 Å². The van der Waals surface area contributed by atoms with Crippen LogP contribution in [-0.4, -0.2) is 5.97 Å². The summed E-state index contributed by atoms with van der Waals surface area (Å²) in [5, 5.41) is 0. The van der Waals surface area contributed by atoms with Crippen LogP contribution in [0, 0.1) is 17.5 Å². The van der Waals surface area contributed by atoms with Crippen LogP contribution in [0.15, 0.2) is 12.1 Å². The van der Waals surface area contributed by atoms with Gasteiger partial charge in [0, 0.05) is 16.2 Å². The van der Waals surface area contributed by atoms with Crippen LogP contribution in [-0.2, 0) is 9.74 Å². The summed E-state index contributed by atoms with van der Waals surface area (Å²) in [6.45, 7) is 0. The molecule has 0 aliphatic carbocycles. The summed E-state index contributed by atoms with van der Waals surface area (Å²) in [6, 6.07) is 0.395. The molecule has 0 heterocycles. The highest BCUT2D eigenvalue weighted by molar-refractivity contribution is 5.75. The van der Waals surface area contributed by atoms with Crippen LogP contribution in [0.1, 0.15) is 11.7 Å². The second-order valence-corrected chi connectivity index (χ2v) is 2.55. The Labute approximate surface area is 80.2 Å². The Balaban J connectivity index is 3.19. The first-order valence-corrected chi connectivity index (χ1v) is 3.58. The van der Waals surface area contributed by atoms with Crippen molar-refractivity contribution < 1.29 is 31.8 Å². The monoisotopic (exact) mass is 226 g/mol. The standard InChI is InChI=1S/C8H3F5O2/c9-3-1-4(6(11)5(10)2-3)7(12)8(14)15-13/h1-2,7H. The van der Waals surface area contributed by atoms with Crippen LogP contribution in [0.2, 0.25) is 0 Å². The molecule has 0 spiro atoms. The molecule has 0 fully saturated rings. The van der Waals surface area contributed by atoms with Gasteiger partial charge in [0.2, 0.25) is 6.17 Å². The summed E-state index contributed by atoms with van der Waals surface area (Å²) in [6.07, 6.45) is -2.92. The number of halogens is 5. The van der Waals surface area contributed by atoms with E-state index in [9.17, 15) is 26.9 Å². The largest absolute Gasteiger partial charge is 0.387 e. The fourth-order valence-corrected chi connectivity index (χ4v) is 0.926. The fraction of sp³-hybridized carbons (Fsp3) is 0.125. The van der Waals surface area contributed by atoms with E-state index < -0.39 is 35.2 Å². The Morgan fingerprint density at radius 1 is 1.27 bits per heavy atom. The summed E-state index contributed by atoms with van der Waals surface area (Å²) in [5.74, 6) is -6.83. The smallest absolute Gasteiger partial charge is 0.251 e. The van der Waals surface area contributed by atoms with E-state index in [1.165, 1.54) is 0 Å². The van der Waals surface area contributed by atoms with Crippen molar-refractivity contribution in [3.8, 4) is 0 Å². The van der Waals surface area contributed by atoms with Crippen molar-refractivity contribution in [2.75, 3.05) is 0 Å². The average Bonchev–Trinajstić information content (AvgIpc) is 2.21. The number of hydrogen-bond acceptors (Lipinski definition) is 2. The molecule has 0 amide bonds. The van der Waals surface area contributed by atoms with Crippen LogP contribution in [0.25, 0.3) is 0 Å². The van der Waals surface area contributed by atoms with Crippen molar-refractivity contribution >= 4 is 5.97 Å². The number of benzene rings is 1. The second-order valence-electron chi connectivity index (χ2n) is 2.55. The zero-order valence-corrected chi connectivity index (χ0v) is 6.94. The van der Waals surface area contributed by atoms with Crippen molar-refractivity contribution in [3.63, 3.8) is 0 Å². The maximum atomic E-state index is 12.9. The van der Waals surface area contributed by atoms with Gasteiger partial charge in [-0.3, -0.25) is 4.94 Å². The summed E-state index contributed by atoms with van der Waals surface area (Å²) in [5.41, 5.74) is -1.25. The molecule has 2 nitrogen and oxygen atoms in total. The number of alkyl halides is 1. The zero-order valence-electron chi connectivity index (χ0n) is 6.94. The second kappa shape index (κ2) is 4.24. The minimum absolute atomic E-state index is 0.159. The maximum absolute atomic E-state index is 12.9. The van der Waals surface area contributed by atoms with Gasteiger partial charge in [0.25, 0.3) is 0 Å². The quantitative estimate of drug-likeness (QED) is 0.572. The van der Waals surface area contributed by atoms with Gasteiger partial charge in [-0.05, 0) is 6.07 Å². The van der Waals surface area contributed by atoms with Gasteiger partial charge < -0.3 is 0 Å². The van der Waals surface area contributed by atoms with Crippen LogP contribution in [0.3, 0.4) is 0 Å². The van der Waals surface area contributed by atoms with Crippen molar-refractivity contribution in [3.05, 3.63) is 35.1 Å². The maximum Gasteiger partial charge on any atom is 0.387 e. The Morgan fingerprint density at radius 2 is 1.87 bits per heavy atom. The van der Waals surface area contributed by atoms with E-state index in [0.717, 1.165) is 0 Å². The molecule has 15 heavy (non-hydrogen) atoms. The van der Waals surface area contributed by atoms with Crippen LogP contribution >= 0.6 is 0 Å². The summed E-state index contributed by atoms with van der Waals surface area (Å²) >= 11 is 0. The summed E-state index contributed by atoms with van der Waals surface area (Å²) < 4.78 is 62.0. The summed E-state index contributed by atoms with van der Waals surface area (Å²) in [4.78, 5) is 12.8. The van der Waals surface area contributed by atoms with Gasteiger partial charge >= 0.3 is 5.97 Å². The third-order valence-electron chi connectivity index (χ3n) is 1.58. The van der Waals surface area contributed by atoms with Crippen molar-refractivity contribution in [2.24, 2.45) is 0 Å². The SMILES string of the molecule is O=C(OF)C(F)c1cc(F)cc(F)c1F. The van der Waals surface area contributed by atoms with Crippen LogP contribution in [0.4, 0.5) is 22.1 Å². The molecule has 0 saturated carbocycles. The number of carbonyl (C=O) groups excluding carboxylic acids is 1. The van der Waals surface area contributed by atoms with Gasteiger partial charge in [-0.2, -0.15) is 0 Å². The van der Waals surface area contributed by atoms with Gasteiger partial charge in [-0.15, -0.1) is 0 Å². The summed E-state index contributed by atoms with van der Waals surface area (Å²) in [7, 11) is 0. The third-order valence-corrected chi connectivity index (χ3v) is 1.58. The predicted octanol–water partition coefficient (Wildman–Crippen LogP) is 2.54. The number of hydrogen-bond donors (Lipinski definition) is 0. The minimum Gasteiger partial charge on any atom is -0.251 e. The molecular formula is C8H3F5O2. The lowest BCUT2D eigenvalue weighted by atomic mass is 10.1. The van der Waals surface area contributed by atoms with Gasteiger partial charge in [-0.25, -0.2) is 22.4 Å². The van der Waals surface area contributed by atoms with Crippen LogP contribution < -0.4 is 0 Å². The molecule has 7 heteroatoms. The lowest BCUT2D eigenvalue weighted by Crippen LogP contribution is -2.11. The third kappa shape index (κ3) is 2.23. The Morgan fingerprint density at radius 3 is 2.40 bits per heavy atom. The number of carbonyl (C=O) groups is 1. The van der Waals surface area contributed by atoms with E-state index in [1.54, 1.807) is 0 Å². The molecule has 82 valence electrons. The van der Waals surface area contributed by atoms with Gasteiger partial charge in [0.1, 0.15) is 5.82 Å². The first-order chi connectivity index (χ1) is 6.97. The first-order valence-electron chi connectivity index (χ1n) is 3.58. The lowest BCUT2D eigenvalue weighted by Gasteiger charge is -2.06. The molecular weight excluding hydrogens is 223 g/mol. The van der Waals surface area contributed by atoms with Gasteiger partial charge in [-0.1, -0.05) is 0 Å². The zero-order chi connectivity index (χ0) is 11.6. The highest BCUT2D eigenvalue weighted by Gasteiger charge is 2.28. The molecule has 1 atom stereocenters. The normalized spacial score (nSPS) is 12.3. The highest BCUT2D eigenvalue weighted by Crippen LogP contribution is 2.25. The molecule has 0 aromatic heterocycles. The molecule has 1 rings (SSSR count).